The van der Waals surface area contributed by atoms with Crippen molar-refractivity contribution in [2.75, 3.05) is 0 Å². The normalized spacial score (nSPS) is 60.1. The Hall–Kier alpha value is -1.36. The van der Waals surface area contributed by atoms with E-state index in [1.165, 1.54) is 5.57 Å². The van der Waals surface area contributed by atoms with Crippen LogP contribution in [0.2, 0.25) is 0 Å². The van der Waals surface area contributed by atoms with E-state index >= 15 is 0 Å². The van der Waals surface area contributed by atoms with Gasteiger partial charge in [-0.05, 0) is 43.9 Å². The van der Waals surface area contributed by atoms with Gasteiger partial charge in [0.2, 0.25) is 0 Å². The van der Waals surface area contributed by atoms with E-state index in [0.717, 1.165) is 25.7 Å². The number of carbonyl (C=O) groups excluding carboxylic acids is 1. The van der Waals surface area contributed by atoms with Gasteiger partial charge in [0.25, 0.3) is 0 Å². The zero-order valence-corrected chi connectivity index (χ0v) is 14.2. The van der Waals surface area contributed by atoms with E-state index < -0.39 is 40.4 Å². The second kappa shape index (κ2) is 3.74. The Labute approximate surface area is 141 Å². The van der Waals surface area contributed by atoms with E-state index in [2.05, 4.69) is 13.5 Å². The molecule has 0 spiro atoms. The molecule has 4 saturated carbocycles. The summed E-state index contributed by atoms with van der Waals surface area (Å²) in [7, 11) is 0. The molecule has 1 unspecified atom stereocenters. The summed E-state index contributed by atoms with van der Waals surface area (Å²) in [6.07, 6.45) is 3.12. The molecule has 24 heavy (non-hydrogen) atoms. The number of esters is 1. The van der Waals surface area contributed by atoms with Gasteiger partial charge < -0.3 is 14.9 Å². The summed E-state index contributed by atoms with van der Waals surface area (Å²) in [6, 6.07) is 0. The number of carboxylic acid groups (broad SMARTS) is 1. The fourth-order valence-corrected chi connectivity index (χ4v) is 7.74. The molecule has 5 nitrogen and oxygen atoms in total. The number of hydrogen-bond acceptors (Lipinski definition) is 4. The fraction of sp³-hybridized carbons (Fsp3) is 0.789. The summed E-state index contributed by atoms with van der Waals surface area (Å²) in [5.74, 6) is -1.07. The molecule has 5 aliphatic rings. The molecule has 8 atom stereocenters. The van der Waals surface area contributed by atoms with Crippen LogP contribution in [0.4, 0.5) is 0 Å². The highest BCUT2D eigenvalue weighted by molar-refractivity contribution is 5.93. The van der Waals surface area contributed by atoms with Crippen LogP contribution >= 0.6 is 0 Å². The minimum Gasteiger partial charge on any atom is -0.481 e. The number of hydrogen-bond donors (Lipinski definition) is 2. The summed E-state index contributed by atoms with van der Waals surface area (Å²) < 4.78 is 5.95. The Morgan fingerprint density at radius 2 is 2.04 bits per heavy atom. The lowest BCUT2D eigenvalue weighted by Gasteiger charge is -2.72. The molecule has 5 fully saturated rings. The smallest absolute Gasteiger partial charge is 0.315 e. The van der Waals surface area contributed by atoms with Gasteiger partial charge in [0.15, 0.2) is 0 Å². The second-order valence-corrected chi connectivity index (χ2v) is 9.51. The lowest BCUT2D eigenvalue weighted by atomic mass is 9.28. The maximum Gasteiger partial charge on any atom is 0.315 e. The van der Waals surface area contributed by atoms with E-state index in [4.69, 9.17) is 4.74 Å². The molecule has 4 aliphatic carbocycles. The van der Waals surface area contributed by atoms with Crippen molar-refractivity contribution in [1.29, 1.82) is 0 Å². The van der Waals surface area contributed by atoms with Crippen LogP contribution in [0.15, 0.2) is 12.2 Å². The van der Waals surface area contributed by atoms with Crippen molar-refractivity contribution in [2.45, 2.75) is 57.7 Å². The molecule has 5 rings (SSSR count). The van der Waals surface area contributed by atoms with Gasteiger partial charge in [-0.15, -0.1) is 0 Å². The first kappa shape index (κ1) is 14.9. The van der Waals surface area contributed by atoms with Crippen LogP contribution < -0.4 is 0 Å². The van der Waals surface area contributed by atoms with Crippen LogP contribution in [0, 0.1) is 34.0 Å². The van der Waals surface area contributed by atoms with Gasteiger partial charge in [0.05, 0.1) is 11.5 Å². The summed E-state index contributed by atoms with van der Waals surface area (Å²) in [6.45, 7) is 8.16. The van der Waals surface area contributed by atoms with Crippen LogP contribution in [0.3, 0.4) is 0 Å². The first-order valence-corrected chi connectivity index (χ1v) is 8.95. The second-order valence-electron chi connectivity index (χ2n) is 9.51. The van der Waals surface area contributed by atoms with Crippen molar-refractivity contribution in [2.24, 2.45) is 34.0 Å². The van der Waals surface area contributed by atoms with Crippen molar-refractivity contribution in [3.8, 4) is 0 Å². The minimum absolute atomic E-state index is 0.0245. The maximum atomic E-state index is 12.6. The number of aliphatic hydroxyl groups excluding tert-OH is 1. The molecule has 0 radical (unpaired) electrons. The molecule has 2 bridgehead atoms. The molecule has 0 aromatic heterocycles. The third kappa shape index (κ3) is 1.17. The number of fused-ring (bicyclic) bond motifs is 2. The molecule has 2 N–H and O–H groups in total. The summed E-state index contributed by atoms with van der Waals surface area (Å²) in [4.78, 5) is 24.5. The minimum atomic E-state index is -1.19. The topological polar surface area (TPSA) is 83.8 Å². The van der Waals surface area contributed by atoms with Crippen LogP contribution in [0.1, 0.15) is 46.0 Å². The maximum absolute atomic E-state index is 12.6. The van der Waals surface area contributed by atoms with Crippen molar-refractivity contribution >= 4 is 11.9 Å². The lowest BCUT2D eigenvalue weighted by molar-refractivity contribution is -0.329. The van der Waals surface area contributed by atoms with E-state index in [-0.39, 0.29) is 17.8 Å². The van der Waals surface area contributed by atoms with E-state index in [9.17, 15) is 19.8 Å². The average molecular weight is 332 g/mol. The molecule has 0 aromatic rings. The van der Waals surface area contributed by atoms with Crippen molar-refractivity contribution in [1.82, 2.24) is 0 Å². The molecular weight excluding hydrogens is 308 g/mol. The Morgan fingerprint density at radius 1 is 1.33 bits per heavy atom. The number of carbonyl (C=O) groups is 2. The SMILES string of the molecule is C=C1C[C@]2(C)C[C@H]1CC[C@H]2[C@]12C[C@@]3(C(=O)O)C1[C@](C)(C(=O)O2)[C@H]3O. The quantitative estimate of drug-likeness (QED) is 0.598. The third-order valence-corrected chi connectivity index (χ3v) is 8.50. The van der Waals surface area contributed by atoms with Crippen molar-refractivity contribution < 1.29 is 24.5 Å². The summed E-state index contributed by atoms with van der Waals surface area (Å²) in [5.41, 5.74) is -1.63. The number of allylic oxidation sites excluding steroid dienone is 1. The first-order valence-electron chi connectivity index (χ1n) is 8.95. The Balaban J connectivity index is 1.60. The van der Waals surface area contributed by atoms with E-state index in [1.807, 2.05) is 0 Å². The number of aliphatic carboxylic acids is 1. The lowest BCUT2D eigenvalue weighted by Crippen LogP contribution is -2.84. The molecular formula is C19H24O5. The predicted octanol–water partition coefficient (Wildman–Crippen LogP) is 2.14. The zero-order valence-electron chi connectivity index (χ0n) is 14.2. The molecule has 0 amide bonds. The van der Waals surface area contributed by atoms with Gasteiger partial charge in [-0.1, -0.05) is 19.1 Å². The zero-order chi connectivity index (χ0) is 17.3. The van der Waals surface area contributed by atoms with Gasteiger partial charge in [-0.25, -0.2) is 0 Å². The highest BCUT2D eigenvalue weighted by atomic mass is 16.6. The molecule has 5 heteroatoms. The average Bonchev–Trinajstić information content (AvgIpc) is 2.75. The predicted molar refractivity (Wildman–Crippen MR) is 83.8 cm³/mol. The van der Waals surface area contributed by atoms with Gasteiger partial charge in [0, 0.05) is 18.3 Å². The standard InChI is InChI=1S/C19H24O5/c1-9-6-16(2)7-10(9)4-5-11(16)19-8-18(14(21)22)12(19)17(3,13(18)20)15(23)24-19/h10-13,20H,1,4-8H2,2-3H3,(H,21,22)/t10-,11-,12?,13-,16-,17+,18-,19-/m1/s1. The number of aliphatic hydroxyl groups is 1. The summed E-state index contributed by atoms with van der Waals surface area (Å²) in [5, 5.41) is 20.3. The molecule has 0 aromatic carbocycles. The number of rotatable bonds is 2. The molecule has 1 aliphatic heterocycles. The van der Waals surface area contributed by atoms with Gasteiger partial charge in [-0.3, -0.25) is 9.59 Å². The number of ether oxygens (including phenoxy) is 1. The molecule has 1 heterocycles. The summed E-state index contributed by atoms with van der Waals surface area (Å²) >= 11 is 0. The van der Waals surface area contributed by atoms with Crippen molar-refractivity contribution in [3.05, 3.63) is 12.2 Å². The van der Waals surface area contributed by atoms with Crippen LogP contribution in [0.5, 0.6) is 0 Å². The Morgan fingerprint density at radius 3 is 2.71 bits per heavy atom. The fourth-order valence-electron chi connectivity index (χ4n) is 7.74. The van der Waals surface area contributed by atoms with Gasteiger partial charge in [0.1, 0.15) is 11.0 Å². The highest BCUT2D eigenvalue weighted by Crippen LogP contribution is 2.83. The largest absolute Gasteiger partial charge is 0.481 e. The van der Waals surface area contributed by atoms with Crippen LogP contribution in [0.25, 0.3) is 0 Å². The van der Waals surface area contributed by atoms with E-state index in [0.29, 0.717) is 5.92 Å². The van der Waals surface area contributed by atoms with Crippen LogP contribution in [-0.4, -0.2) is 33.9 Å². The molecule has 130 valence electrons. The Bertz CT molecular complexity index is 715. The molecule has 1 saturated heterocycles. The van der Waals surface area contributed by atoms with Crippen molar-refractivity contribution in [3.63, 3.8) is 0 Å². The van der Waals surface area contributed by atoms with Gasteiger partial charge in [-0.2, -0.15) is 0 Å². The van der Waals surface area contributed by atoms with Crippen LogP contribution in [-0.2, 0) is 14.3 Å². The first-order chi connectivity index (χ1) is 11.1. The van der Waals surface area contributed by atoms with Gasteiger partial charge >= 0.3 is 11.9 Å². The highest BCUT2D eigenvalue weighted by Gasteiger charge is 2.94. The monoisotopic (exact) mass is 332 g/mol. The van der Waals surface area contributed by atoms with E-state index in [1.54, 1.807) is 6.92 Å². The Kier molecular flexibility index (Phi) is 2.33. The third-order valence-electron chi connectivity index (χ3n) is 8.50. The number of carboxylic acids is 1.